The number of nitrogens with zero attached hydrogens (tertiary/aromatic N) is 5. The predicted octanol–water partition coefficient (Wildman–Crippen LogP) is 7.96. The van der Waals surface area contributed by atoms with Crippen LogP contribution in [-0.4, -0.2) is 80.1 Å². The Kier molecular flexibility index (Phi) is 14.8. The number of para-hydroxylation sites is 1. The van der Waals surface area contributed by atoms with Gasteiger partial charge in [-0.2, -0.15) is 36.6 Å². The molecule has 4 heterocycles. The van der Waals surface area contributed by atoms with Crippen LogP contribution in [-0.2, 0) is 22.4 Å². The molecule has 5 N–H and O–H groups in total. The number of aryl methyl sites for hydroxylation is 2. The molecular weight excluding hydrogens is 790 g/mol. The van der Waals surface area contributed by atoms with Crippen LogP contribution < -0.4 is 20.7 Å². The lowest BCUT2D eigenvalue weighted by Crippen LogP contribution is -2.41. The smallest absolute Gasteiger partial charge is 0.490 e. The van der Waals surface area contributed by atoms with Gasteiger partial charge in [0.1, 0.15) is 16.8 Å². The number of amides is 2. The number of carbonyl (C=O) groups is 3. The van der Waals surface area contributed by atoms with Crippen molar-refractivity contribution >= 4 is 58.4 Å². The topological polar surface area (TPSA) is 203 Å². The van der Waals surface area contributed by atoms with Crippen LogP contribution in [0.2, 0.25) is 5.02 Å². The third kappa shape index (κ3) is 13.4. The minimum atomic E-state index is -5.08. The van der Waals surface area contributed by atoms with E-state index in [1.165, 1.54) is 0 Å². The minimum absolute atomic E-state index is 0.165. The molecule has 1 saturated heterocycles. The van der Waals surface area contributed by atoms with Crippen LogP contribution in [0.15, 0.2) is 67.1 Å². The van der Waals surface area contributed by atoms with E-state index in [0.29, 0.717) is 53.7 Å². The third-order valence-corrected chi connectivity index (χ3v) is 8.54. The van der Waals surface area contributed by atoms with Gasteiger partial charge in [0, 0.05) is 25.0 Å². The summed E-state index contributed by atoms with van der Waals surface area (Å²) in [6.45, 7) is 1.94. The van der Waals surface area contributed by atoms with E-state index in [2.05, 4.69) is 49.1 Å². The molecule has 302 valence electrons. The van der Waals surface area contributed by atoms with Gasteiger partial charge in [-0.3, -0.25) is 4.98 Å². The van der Waals surface area contributed by atoms with Gasteiger partial charge in [0.25, 0.3) is 0 Å². The number of carbonyl (C=O) groups excluding carboxylic acids is 1. The average molecular weight is 823 g/mol. The Morgan fingerprint density at radius 3 is 2.25 bits per heavy atom. The monoisotopic (exact) mass is 822 g/mol. The molecule has 2 aliphatic heterocycles. The highest BCUT2D eigenvalue weighted by molar-refractivity contribution is 6.32. The molecule has 1 fully saturated rings. The SMILES string of the molecule is N#Cc1ccccc1NC(=O)N1CCC(CCOc2ccc3cc2CCc2cncc(c2)Nc2ncc(Cl)c(n2)N3)CC1.O=C(O)C(F)(F)F.O=C(O)C(F)(F)F. The van der Waals surface area contributed by atoms with Crippen molar-refractivity contribution in [3.8, 4) is 11.8 Å². The normalized spacial score (nSPS) is 13.8. The van der Waals surface area contributed by atoms with Crippen molar-refractivity contribution in [2.75, 3.05) is 35.6 Å². The van der Waals surface area contributed by atoms with Gasteiger partial charge in [-0.05, 0) is 85.5 Å². The summed E-state index contributed by atoms with van der Waals surface area (Å²) in [7, 11) is 0. The maximum Gasteiger partial charge on any atom is 0.490 e. The number of carboxylic acid groups (broad SMARTS) is 2. The van der Waals surface area contributed by atoms with Gasteiger partial charge in [0.15, 0.2) is 5.82 Å². The highest BCUT2D eigenvalue weighted by Gasteiger charge is 2.39. The number of aromatic nitrogens is 3. The lowest BCUT2D eigenvalue weighted by molar-refractivity contribution is -0.193. The third-order valence-electron chi connectivity index (χ3n) is 8.26. The number of halogens is 7. The highest BCUT2D eigenvalue weighted by Crippen LogP contribution is 2.31. The molecule has 21 heteroatoms. The van der Waals surface area contributed by atoms with E-state index in [0.717, 1.165) is 60.4 Å². The van der Waals surface area contributed by atoms with Crippen molar-refractivity contribution in [2.24, 2.45) is 5.92 Å². The molecule has 57 heavy (non-hydrogen) atoms. The van der Waals surface area contributed by atoms with Crippen molar-refractivity contribution in [3.05, 3.63) is 88.8 Å². The number of urea groups is 1. The van der Waals surface area contributed by atoms with Crippen molar-refractivity contribution < 1.29 is 55.7 Å². The summed E-state index contributed by atoms with van der Waals surface area (Å²) in [6.07, 6.45) is -0.695. The second kappa shape index (κ2) is 19.5. The molecule has 4 aromatic rings. The molecule has 2 aromatic carbocycles. The summed E-state index contributed by atoms with van der Waals surface area (Å²) in [5, 5.41) is 33.4. The fourth-order valence-electron chi connectivity index (χ4n) is 5.39. The number of pyridine rings is 1. The Balaban J connectivity index is 0.000000440. The van der Waals surface area contributed by atoms with Gasteiger partial charge in [0.2, 0.25) is 5.95 Å². The number of benzene rings is 2. The van der Waals surface area contributed by atoms with E-state index in [4.69, 9.17) is 36.1 Å². The van der Waals surface area contributed by atoms with Gasteiger partial charge >= 0.3 is 30.3 Å². The van der Waals surface area contributed by atoms with Gasteiger partial charge < -0.3 is 35.8 Å². The number of anilines is 5. The summed E-state index contributed by atoms with van der Waals surface area (Å²) in [5.74, 6) is -3.25. The van der Waals surface area contributed by atoms with Crippen molar-refractivity contribution in [3.63, 3.8) is 0 Å². The number of aliphatic carboxylic acids is 2. The Morgan fingerprint density at radius 2 is 1.60 bits per heavy atom. The molecule has 2 aromatic heterocycles. The molecule has 0 radical (unpaired) electrons. The molecule has 0 aliphatic carbocycles. The standard InChI is InChI=1S/C32H31ClN8O2.2C2HF3O2/c33-27-20-36-31-38-26-15-22(18-35-19-26)5-6-23-16-25(37-30(27)40-31)7-8-29(23)43-14-11-21-9-12-41(13-10-21)32(42)39-28-4-2-1-3-24(28)17-34;2*3-2(4,5)1(6)7/h1-4,7-8,15-16,18-21H,5-6,9-14H2,(H,39,42)(H2,36,37,38,40);2*(H,6,7). The second-order valence-electron chi connectivity index (χ2n) is 12.3. The number of rotatable bonds is 5. The number of nitrogens with one attached hydrogen (secondary N) is 3. The zero-order valence-corrected chi connectivity index (χ0v) is 30.3. The van der Waals surface area contributed by atoms with Gasteiger partial charge in [-0.1, -0.05) is 23.7 Å². The summed E-state index contributed by atoms with van der Waals surface area (Å²) in [4.78, 5) is 45.6. The summed E-state index contributed by atoms with van der Waals surface area (Å²) in [6, 6.07) is 17.1. The molecule has 0 saturated carbocycles. The lowest BCUT2D eigenvalue weighted by Gasteiger charge is -2.32. The van der Waals surface area contributed by atoms with E-state index in [9.17, 15) is 36.4 Å². The van der Waals surface area contributed by atoms with Gasteiger partial charge in [-0.25, -0.2) is 19.4 Å². The number of carboxylic acids is 2. The van der Waals surface area contributed by atoms with E-state index in [1.807, 2.05) is 29.3 Å². The number of likely N-dealkylation sites (tertiary alicyclic amines) is 1. The number of hydrogen-bond donors (Lipinski definition) is 5. The fourth-order valence-corrected chi connectivity index (χ4v) is 5.53. The van der Waals surface area contributed by atoms with E-state index in [1.54, 1.807) is 30.6 Å². The molecule has 14 nitrogen and oxygen atoms in total. The number of ether oxygens (including phenoxy) is 1. The highest BCUT2D eigenvalue weighted by atomic mass is 35.5. The first-order valence-electron chi connectivity index (χ1n) is 16.8. The number of alkyl halides is 6. The predicted molar refractivity (Wildman–Crippen MR) is 194 cm³/mol. The second-order valence-corrected chi connectivity index (χ2v) is 12.7. The van der Waals surface area contributed by atoms with Crippen LogP contribution >= 0.6 is 11.6 Å². The van der Waals surface area contributed by atoms with Crippen LogP contribution in [0.3, 0.4) is 0 Å². The average Bonchev–Trinajstić information content (AvgIpc) is 3.16. The Hall–Kier alpha value is -6.36. The Morgan fingerprint density at radius 1 is 0.930 bits per heavy atom. The minimum Gasteiger partial charge on any atom is -0.493 e. The lowest BCUT2D eigenvalue weighted by atomic mass is 9.94. The van der Waals surface area contributed by atoms with E-state index in [-0.39, 0.29) is 6.03 Å². The quantitative estimate of drug-likeness (QED) is 0.122. The maximum atomic E-state index is 12.8. The van der Waals surface area contributed by atoms with Crippen LogP contribution in [0.4, 0.5) is 60.0 Å². The van der Waals surface area contributed by atoms with E-state index >= 15 is 0 Å². The van der Waals surface area contributed by atoms with Gasteiger partial charge in [-0.15, -0.1) is 0 Å². The summed E-state index contributed by atoms with van der Waals surface area (Å²) < 4.78 is 69.8. The molecular formula is C36H33ClF6N8O6. The number of nitriles is 1. The Bertz CT molecular complexity index is 2070. The van der Waals surface area contributed by atoms with Crippen molar-refractivity contribution in [1.29, 1.82) is 5.26 Å². The van der Waals surface area contributed by atoms with Crippen LogP contribution in [0.5, 0.6) is 5.75 Å². The first kappa shape index (κ1) is 43.4. The number of hydrogen-bond acceptors (Lipinski definition) is 10. The number of piperidine rings is 1. The maximum absolute atomic E-state index is 12.8. The van der Waals surface area contributed by atoms with Gasteiger partial charge in [0.05, 0.1) is 35.9 Å². The first-order valence-corrected chi connectivity index (χ1v) is 17.2. The molecule has 2 amide bonds. The molecule has 6 bridgehead atoms. The largest absolute Gasteiger partial charge is 0.493 e. The number of fused-ring (bicyclic) bond motifs is 6. The molecule has 6 rings (SSSR count). The van der Waals surface area contributed by atoms with Crippen molar-refractivity contribution in [2.45, 2.75) is 44.5 Å². The first-order chi connectivity index (χ1) is 26.9. The molecule has 0 spiro atoms. The van der Waals surface area contributed by atoms with Crippen LogP contribution in [0.1, 0.15) is 36.0 Å². The van der Waals surface area contributed by atoms with Crippen LogP contribution in [0.25, 0.3) is 0 Å². The molecule has 0 atom stereocenters. The zero-order valence-electron chi connectivity index (χ0n) is 29.5. The summed E-state index contributed by atoms with van der Waals surface area (Å²) in [5.41, 5.74) is 4.84. The molecule has 2 aliphatic rings. The fraction of sp³-hybridized carbons (Fsp3) is 0.306. The molecule has 0 unspecified atom stereocenters. The zero-order chi connectivity index (χ0) is 41.8. The van der Waals surface area contributed by atoms with Crippen molar-refractivity contribution in [1.82, 2.24) is 19.9 Å². The van der Waals surface area contributed by atoms with E-state index < -0.39 is 24.3 Å². The summed E-state index contributed by atoms with van der Waals surface area (Å²) >= 11 is 6.39. The van der Waals surface area contributed by atoms with Crippen LogP contribution in [0, 0.1) is 17.2 Å². The Labute approximate surface area is 325 Å².